The fourth-order valence-corrected chi connectivity index (χ4v) is 2.56. The van der Waals surface area contributed by atoms with Crippen LogP contribution >= 0.6 is 0 Å². The Hall–Kier alpha value is -2.25. The van der Waals surface area contributed by atoms with Crippen LogP contribution in [-0.4, -0.2) is 52.0 Å². The molecule has 0 amide bonds. The number of hydrogen-bond donors (Lipinski definition) is 3. The van der Waals surface area contributed by atoms with Crippen molar-refractivity contribution in [3.63, 3.8) is 0 Å². The molecule has 0 saturated carbocycles. The van der Waals surface area contributed by atoms with E-state index in [-0.39, 0.29) is 18.8 Å². The van der Waals surface area contributed by atoms with Crippen molar-refractivity contribution in [3.8, 4) is 11.3 Å². The molecule has 2 aromatic heterocycles. The predicted octanol–water partition coefficient (Wildman–Crippen LogP) is 1.92. The molecule has 0 aliphatic carbocycles. The van der Waals surface area contributed by atoms with E-state index in [4.69, 9.17) is 4.74 Å². The third-order valence-corrected chi connectivity index (χ3v) is 3.89. The van der Waals surface area contributed by atoms with Crippen LogP contribution in [0.1, 0.15) is 19.8 Å². The van der Waals surface area contributed by atoms with Gasteiger partial charge in [0.25, 0.3) is 0 Å². The van der Waals surface area contributed by atoms with Gasteiger partial charge in [-0.2, -0.15) is 4.98 Å². The molecular formula is C17H23N5O2. The first-order valence-electron chi connectivity index (χ1n) is 8.27. The first kappa shape index (κ1) is 16.6. The Morgan fingerprint density at radius 2 is 2.17 bits per heavy atom. The van der Waals surface area contributed by atoms with Crippen molar-refractivity contribution in [2.45, 2.75) is 31.9 Å². The fraction of sp³-hybridized carbons (Fsp3) is 0.471. The van der Waals surface area contributed by atoms with Crippen molar-refractivity contribution >= 4 is 11.8 Å². The third kappa shape index (κ3) is 4.39. The van der Waals surface area contributed by atoms with Crippen LogP contribution in [0.5, 0.6) is 0 Å². The van der Waals surface area contributed by atoms with Crippen LogP contribution in [0.3, 0.4) is 0 Å². The van der Waals surface area contributed by atoms with Gasteiger partial charge in [-0.1, -0.05) is 0 Å². The Morgan fingerprint density at radius 3 is 2.88 bits per heavy atom. The molecule has 0 aromatic carbocycles. The standard InChI is InChI=1S/C17H23N5O2/c1-12(11-23)20-17-21-15(13-4-6-18-7-5-13)9-16(22-17)19-10-14-3-2-8-24-14/h4-7,9,12,14,23H,2-3,8,10-11H2,1H3,(H2,19,20,21,22)/t12-,14+/m0/s1. The van der Waals surface area contributed by atoms with Gasteiger partial charge in [0.05, 0.1) is 18.4 Å². The van der Waals surface area contributed by atoms with E-state index in [1.165, 1.54) is 0 Å². The number of rotatable bonds is 7. The maximum atomic E-state index is 9.24. The summed E-state index contributed by atoms with van der Waals surface area (Å²) >= 11 is 0. The minimum Gasteiger partial charge on any atom is -0.394 e. The summed E-state index contributed by atoms with van der Waals surface area (Å²) in [5.41, 5.74) is 1.77. The van der Waals surface area contributed by atoms with Gasteiger partial charge in [-0.15, -0.1) is 0 Å². The normalized spacial score (nSPS) is 18.3. The Bertz CT molecular complexity index is 647. The lowest BCUT2D eigenvalue weighted by atomic mass is 10.2. The van der Waals surface area contributed by atoms with Gasteiger partial charge >= 0.3 is 0 Å². The van der Waals surface area contributed by atoms with Gasteiger partial charge in [-0.25, -0.2) is 4.98 Å². The van der Waals surface area contributed by atoms with Crippen molar-refractivity contribution in [1.29, 1.82) is 0 Å². The number of nitrogens with one attached hydrogen (secondary N) is 2. The van der Waals surface area contributed by atoms with Crippen molar-refractivity contribution in [2.75, 3.05) is 30.4 Å². The maximum Gasteiger partial charge on any atom is 0.225 e. The molecule has 2 aromatic rings. The summed E-state index contributed by atoms with van der Waals surface area (Å²) in [5.74, 6) is 1.22. The van der Waals surface area contributed by atoms with Crippen LogP contribution in [0.15, 0.2) is 30.6 Å². The lowest BCUT2D eigenvalue weighted by Crippen LogP contribution is -2.22. The highest BCUT2D eigenvalue weighted by Crippen LogP contribution is 2.22. The topological polar surface area (TPSA) is 92.2 Å². The average molecular weight is 329 g/mol. The van der Waals surface area contributed by atoms with E-state index >= 15 is 0 Å². The first-order valence-corrected chi connectivity index (χ1v) is 8.27. The van der Waals surface area contributed by atoms with Crippen molar-refractivity contribution in [1.82, 2.24) is 15.0 Å². The molecule has 1 fully saturated rings. The van der Waals surface area contributed by atoms with Crippen LogP contribution in [0.4, 0.5) is 11.8 Å². The number of nitrogens with zero attached hydrogens (tertiary/aromatic N) is 3. The third-order valence-electron chi connectivity index (χ3n) is 3.89. The highest BCUT2D eigenvalue weighted by atomic mass is 16.5. The van der Waals surface area contributed by atoms with E-state index < -0.39 is 0 Å². The molecule has 1 aliphatic heterocycles. The predicted molar refractivity (Wildman–Crippen MR) is 92.9 cm³/mol. The SMILES string of the molecule is C[C@@H](CO)Nc1nc(NC[C@H]2CCCO2)cc(-c2ccncc2)n1. The van der Waals surface area contributed by atoms with Crippen molar-refractivity contribution in [3.05, 3.63) is 30.6 Å². The summed E-state index contributed by atoms with van der Waals surface area (Å²) in [4.78, 5) is 13.1. The molecule has 1 saturated heterocycles. The molecule has 3 rings (SSSR count). The molecule has 24 heavy (non-hydrogen) atoms. The second-order valence-electron chi connectivity index (χ2n) is 5.94. The Labute approximate surface area is 141 Å². The lowest BCUT2D eigenvalue weighted by molar-refractivity contribution is 0.120. The molecule has 7 heteroatoms. The number of pyridine rings is 1. The van der Waals surface area contributed by atoms with Crippen LogP contribution < -0.4 is 10.6 Å². The monoisotopic (exact) mass is 329 g/mol. The largest absolute Gasteiger partial charge is 0.394 e. The Balaban J connectivity index is 1.81. The van der Waals surface area contributed by atoms with E-state index in [9.17, 15) is 5.11 Å². The van der Waals surface area contributed by atoms with Crippen LogP contribution in [0, 0.1) is 0 Å². The molecule has 0 radical (unpaired) electrons. The highest BCUT2D eigenvalue weighted by molar-refractivity contribution is 5.63. The summed E-state index contributed by atoms with van der Waals surface area (Å²) < 4.78 is 5.64. The molecule has 2 atom stereocenters. The molecule has 0 bridgehead atoms. The summed E-state index contributed by atoms with van der Waals surface area (Å²) in [5, 5.41) is 15.7. The number of aliphatic hydroxyl groups excluding tert-OH is 1. The van der Waals surface area contributed by atoms with E-state index in [1.54, 1.807) is 12.4 Å². The zero-order chi connectivity index (χ0) is 16.8. The minimum absolute atomic E-state index is 0.0154. The van der Waals surface area contributed by atoms with E-state index in [0.29, 0.717) is 5.95 Å². The number of ether oxygens (including phenoxy) is 1. The van der Waals surface area contributed by atoms with Crippen molar-refractivity contribution < 1.29 is 9.84 Å². The van der Waals surface area contributed by atoms with E-state index in [1.807, 2.05) is 25.1 Å². The van der Waals surface area contributed by atoms with Gasteiger partial charge in [0.15, 0.2) is 0 Å². The zero-order valence-corrected chi connectivity index (χ0v) is 13.8. The van der Waals surface area contributed by atoms with Gasteiger partial charge in [0.2, 0.25) is 5.95 Å². The maximum absolute atomic E-state index is 9.24. The van der Waals surface area contributed by atoms with Gasteiger partial charge in [0, 0.05) is 43.2 Å². The molecule has 3 N–H and O–H groups in total. The fourth-order valence-electron chi connectivity index (χ4n) is 2.56. The summed E-state index contributed by atoms with van der Waals surface area (Å²) in [7, 11) is 0. The quantitative estimate of drug-likeness (QED) is 0.714. The van der Waals surface area contributed by atoms with E-state index in [2.05, 4.69) is 25.6 Å². The highest BCUT2D eigenvalue weighted by Gasteiger charge is 2.16. The summed E-state index contributed by atoms with van der Waals surface area (Å²) in [6.07, 6.45) is 5.89. The molecule has 0 unspecified atom stereocenters. The smallest absolute Gasteiger partial charge is 0.225 e. The molecule has 0 spiro atoms. The van der Waals surface area contributed by atoms with E-state index in [0.717, 1.165) is 43.1 Å². The number of aromatic nitrogens is 3. The Morgan fingerprint density at radius 1 is 1.33 bits per heavy atom. The van der Waals surface area contributed by atoms with Gasteiger partial charge in [0.1, 0.15) is 5.82 Å². The lowest BCUT2D eigenvalue weighted by Gasteiger charge is -2.15. The minimum atomic E-state index is -0.122. The second kappa shape index (κ2) is 8.03. The van der Waals surface area contributed by atoms with Crippen LogP contribution in [0.25, 0.3) is 11.3 Å². The molecule has 3 heterocycles. The molecular weight excluding hydrogens is 306 g/mol. The summed E-state index contributed by atoms with van der Waals surface area (Å²) in [6, 6.07) is 5.61. The van der Waals surface area contributed by atoms with Crippen molar-refractivity contribution in [2.24, 2.45) is 0 Å². The van der Waals surface area contributed by atoms with Crippen LogP contribution in [-0.2, 0) is 4.74 Å². The first-order chi connectivity index (χ1) is 11.7. The summed E-state index contributed by atoms with van der Waals surface area (Å²) in [6.45, 7) is 3.45. The van der Waals surface area contributed by atoms with Crippen LogP contribution in [0.2, 0.25) is 0 Å². The van der Waals surface area contributed by atoms with Gasteiger partial charge in [-0.3, -0.25) is 4.98 Å². The number of hydrogen-bond acceptors (Lipinski definition) is 7. The molecule has 128 valence electrons. The van der Waals surface area contributed by atoms with Gasteiger partial charge < -0.3 is 20.5 Å². The number of anilines is 2. The second-order valence-corrected chi connectivity index (χ2v) is 5.94. The average Bonchev–Trinajstić information content (AvgIpc) is 3.14. The zero-order valence-electron chi connectivity index (χ0n) is 13.8. The number of aliphatic hydroxyl groups is 1. The Kier molecular flexibility index (Phi) is 5.55. The molecule has 1 aliphatic rings. The molecule has 7 nitrogen and oxygen atoms in total. The van der Waals surface area contributed by atoms with Gasteiger partial charge in [-0.05, 0) is 31.9 Å².